The van der Waals surface area contributed by atoms with E-state index in [0.717, 1.165) is 13.2 Å². The zero-order valence-electron chi connectivity index (χ0n) is 11.5. The summed E-state index contributed by atoms with van der Waals surface area (Å²) in [7, 11) is 0. The van der Waals surface area contributed by atoms with Crippen LogP contribution in [0.3, 0.4) is 0 Å². The van der Waals surface area contributed by atoms with E-state index in [9.17, 15) is 0 Å². The predicted octanol–water partition coefficient (Wildman–Crippen LogP) is 3.36. The van der Waals surface area contributed by atoms with Crippen molar-refractivity contribution in [1.82, 2.24) is 5.32 Å². The molecule has 1 fully saturated rings. The monoisotopic (exact) mass is 227 g/mol. The van der Waals surface area contributed by atoms with Crippen molar-refractivity contribution in [1.29, 1.82) is 0 Å². The number of nitrogens with one attached hydrogen (secondary N) is 1. The summed E-state index contributed by atoms with van der Waals surface area (Å²) < 4.78 is 6.15. The Morgan fingerprint density at radius 1 is 1.19 bits per heavy atom. The number of hydrogen-bond donors (Lipinski definition) is 1. The quantitative estimate of drug-likeness (QED) is 0.720. The van der Waals surface area contributed by atoms with Gasteiger partial charge in [0.05, 0.1) is 5.60 Å². The van der Waals surface area contributed by atoms with E-state index in [1.54, 1.807) is 0 Å². The molecule has 0 aromatic heterocycles. The molecule has 0 spiro atoms. The van der Waals surface area contributed by atoms with E-state index in [4.69, 9.17) is 4.74 Å². The molecule has 0 aromatic carbocycles. The highest BCUT2D eigenvalue weighted by atomic mass is 16.5. The van der Waals surface area contributed by atoms with Gasteiger partial charge < -0.3 is 10.1 Å². The van der Waals surface area contributed by atoms with E-state index in [0.29, 0.717) is 12.0 Å². The average Bonchev–Trinajstić information content (AvgIpc) is 2.68. The number of hydrogen-bond acceptors (Lipinski definition) is 2. The van der Waals surface area contributed by atoms with Crippen LogP contribution in [0.15, 0.2) is 0 Å². The zero-order chi connectivity index (χ0) is 12.0. The highest BCUT2D eigenvalue weighted by molar-refractivity contribution is 4.98. The minimum absolute atomic E-state index is 0.123. The number of ether oxygens (including phenoxy) is 1. The Hall–Kier alpha value is -0.0800. The van der Waals surface area contributed by atoms with Gasteiger partial charge in [0.25, 0.3) is 0 Å². The first-order chi connectivity index (χ1) is 7.66. The van der Waals surface area contributed by atoms with Crippen molar-refractivity contribution in [3.63, 3.8) is 0 Å². The molecule has 96 valence electrons. The molecule has 2 nitrogen and oxygen atoms in total. The van der Waals surface area contributed by atoms with Crippen LogP contribution >= 0.6 is 0 Å². The smallest absolute Gasteiger partial charge is 0.0837 e. The lowest BCUT2D eigenvalue weighted by Crippen LogP contribution is -2.54. The maximum Gasteiger partial charge on any atom is 0.0837 e. The normalized spacial score (nSPS) is 21.6. The van der Waals surface area contributed by atoms with Crippen LogP contribution in [0.25, 0.3) is 0 Å². The Balaban J connectivity index is 2.70. The molecule has 16 heavy (non-hydrogen) atoms. The molecule has 1 aliphatic carbocycles. The maximum atomic E-state index is 6.15. The minimum Gasteiger partial charge on any atom is -0.374 e. The second-order valence-corrected chi connectivity index (χ2v) is 5.38. The van der Waals surface area contributed by atoms with Crippen molar-refractivity contribution < 1.29 is 4.74 Å². The van der Waals surface area contributed by atoms with Crippen LogP contribution in [0.2, 0.25) is 0 Å². The van der Waals surface area contributed by atoms with Crippen molar-refractivity contribution in [2.24, 2.45) is 5.92 Å². The third-order valence-electron chi connectivity index (χ3n) is 3.73. The van der Waals surface area contributed by atoms with Gasteiger partial charge in [-0.1, -0.05) is 33.6 Å². The molecular formula is C14H29NO. The lowest BCUT2D eigenvalue weighted by Gasteiger charge is -2.40. The molecule has 1 atom stereocenters. The summed E-state index contributed by atoms with van der Waals surface area (Å²) in [6.07, 6.45) is 6.33. The third-order valence-corrected chi connectivity index (χ3v) is 3.73. The van der Waals surface area contributed by atoms with Gasteiger partial charge in [-0.2, -0.15) is 0 Å². The Bertz CT molecular complexity index is 185. The Morgan fingerprint density at radius 3 is 2.25 bits per heavy atom. The predicted molar refractivity (Wildman–Crippen MR) is 69.7 cm³/mol. The molecule has 0 radical (unpaired) electrons. The Labute approximate surface area is 101 Å². The van der Waals surface area contributed by atoms with Crippen LogP contribution in [0.1, 0.15) is 59.8 Å². The van der Waals surface area contributed by atoms with Crippen molar-refractivity contribution in [2.45, 2.75) is 71.4 Å². The molecule has 1 rings (SSSR count). The summed E-state index contributed by atoms with van der Waals surface area (Å²) in [6.45, 7) is 10.9. The van der Waals surface area contributed by atoms with Gasteiger partial charge >= 0.3 is 0 Å². The van der Waals surface area contributed by atoms with Gasteiger partial charge in [-0.25, -0.2) is 0 Å². The molecule has 2 heteroatoms. The molecule has 0 aromatic rings. The summed E-state index contributed by atoms with van der Waals surface area (Å²) in [5, 5.41) is 3.71. The molecule has 1 saturated carbocycles. The van der Waals surface area contributed by atoms with Crippen LogP contribution < -0.4 is 5.32 Å². The van der Waals surface area contributed by atoms with Gasteiger partial charge in [0, 0.05) is 12.6 Å². The molecule has 0 saturated heterocycles. The average molecular weight is 227 g/mol. The van der Waals surface area contributed by atoms with Gasteiger partial charge in [-0.05, 0) is 38.6 Å². The van der Waals surface area contributed by atoms with E-state index in [1.807, 2.05) is 0 Å². The van der Waals surface area contributed by atoms with E-state index in [2.05, 4.69) is 33.0 Å². The molecule has 0 amide bonds. The van der Waals surface area contributed by atoms with Gasteiger partial charge in [-0.15, -0.1) is 0 Å². The van der Waals surface area contributed by atoms with Gasteiger partial charge in [0.15, 0.2) is 0 Å². The third kappa shape index (κ3) is 3.21. The fourth-order valence-corrected chi connectivity index (χ4v) is 3.14. The van der Waals surface area contributed by atoms with Crippen LogP contribution in [0.4, 0.5) is 0 Å². The first-order valence-electron chi connectivity index (χ1n) is 7.03. The molecule has 1 unspecified atom stereocenters. The fraction of sp³-hybridized carbons (Fsp3) is 1.00. The first kappa shape index (κ1) is 14.0. The van der Waals surface area contributed by atoms with E-state index < -0.39 is 0 Å². The van der Waals surface area contributed by atoms with E-state index >= 15 is 0 Å². The molecule has 0 heterocycles. The highest BCUT2D eigenvalue weighted by Crippen LogP contribution is 2.38. The SMILES string of the molecule is CCCNC(C(C)C)C1(OCC)CCCC1. The number of rotatable bonds is 7. The summed E-state index contributed by atoms with van der Waals surface area (Å²) >= 11 is 0. The minimum atomic E-state index is 0.123. The van der Waals surface area contributed by atoms with Crippen LogP contribution in [0, 0.1) is 5.92 Å². The molecule has 0 bridgehead atoms. The van der Waals surface area contributed by atoms with Gasteiger partial charge in [0.1, 0.15) is 0 Å². The van der Waals surface area contributed by atoms with Crippen LogP contribution in [0.5, 0.6) is 0 Å². The maximum absolute atomic E-state index is 6.15. The van der Waals surface area contributed by atoms with E-state index in [-0.39, 0.29) is 5.60 Å². The van der Waals surface area contributed by atoms with Gasteiger partial charge in [-0.3, -0.25) is 0 Å². The first-order valence-corrected chi connectivity index (χ1v) is 7.03. The van der Waals surface area contributed by atoms with Crippen molar-refractivity contribution in [3.8, 4) is 0 Å². The van der Waals surface area contributed by atoms with E-state index in [1.165, 1.54) is 32.1 Å². The Morgan fingerprint density at radius 2 is 1.81 bits per heavy atom. The molecular weight excluding hydrogens is 198 g/mol. The van der Waals surface area contributed by atoms with Crippen molar-refractivity contribution >= 4 is 0 Å². The largest absolute Gasteiger partial charge is 0.374 e. The lowest BCUT2D eigenvalue weighted by atomic mass is 9.84. The second kappa shape index (κ2) is 6.61. The lowest BCUT2D eigenvalue weighted by molar-refractivity contribution is -0.0718. The molecule has 0 aliphatic heterocycles. The second-order valence-electron chi connectivity index (χ2n) is 5.38. The zero-order valence-corrected chi connectivity index (χ0v) is 11.5. The Kier molecular flexibility index (Phi) is 5.77. The molecule has 1 N–H and O–H groups in total. The van der Waals surface area contributed by atoms with Crippen molar-refractivity contribution in [3.05, 3.63) is 0 Å². The van der Waals surface area contributed by atoms with Crippen LogP contribution in [-0.2, 0) is 4.74 Å². The molecule has 1 aliphatic rings. The standard InChI is InChI=1S/C14H29NO/c1-5-11-15-13(12(3)4)14(16-6-2)9-7-8-10-14/h12-13,15H,5-11H2,1-4H3. The topological polar surface area (TPSA) is 21.3 Å². The fourth-order valence-electron chi connectivity index (χ4n) is 3.14. The summed E-state index contributed by atoms with van der Waals surface area (Å²) in [5.41, 5.74) is 0.123. The highest BCUT2D eigenvalue weighted by Gasteiger charge is 2.43. The summed E-state index contributed by atoms with van der Waals surface area (Å²) in [5.74, 6) is 0.649. The van der Waals surface area contributed by atoms with Crippen LogP contribution in [-0.4, -0.2) is 24.8 Å². The van der Waals surface area contributed by atoms with Gasteiger partial charge in [0.2, 0.25) is 0 Å². The summed E-state index contributed by atoms with van der Waals surface area (Å²) in [4.78, 5) is 0. The van der Waals surface area contributed by atoms with Crippen molar-refractivity contribution in [2.75, 3.05) is 13.2 Å². The summed E-state index contributed by atoms with van der Waals surface area (Å²) in [6, 6.07) is 0.523.